The van der Waals surface area contributed by atoms with Gasteiger partial charge in [-0.05, 0) is 55.8 Å². The third-order valence-corrected chi connectivity index (χ3v) is 5.03. The molecule has 0 bridgehead atoms. The van der Waals surface area contributed by atoms with E-state index in [1.165, 1.54) is 18.5 Å². The van der Waals surface area contributed by atoms with Crippen LogP contribution in [0.3, 0.4) is 0 Å². The van der Waals surface area contributed by atoms with Gasteiger partial charge < -0.3 is 10.7 Å². The number of piperidine rings is 1. The predicted octanol–water partition coefficient (Wildman–Crippen LogP) is 3.82. The standard InChI is InChI=1S/C21H24FN5O/c22-19-8-6-17(7-9-19)21(28)18-10-12-27(13-11-18)14-20(26-25-15-24-23)16-4-2-1-3-5-16/h1-9,15,18,20H,10-14,23H2. The molecule has 1 atom stereocenters. The van der Waals surface area contributed by atoms with Crippen LogP contribution in [0.4, 0.5) is 4.39 Å². The number of hydrogen-bond donors (Lipinski definition) is 1. The van der Waals surface area contributed by atoms with Gasteiger partial charge in [-0.2, -0.15) is 10.2 Å². The molecule has 1 fully saturated rings. The average molecular weight is 381 g/mol. The van der Waals surface area contributed by atoms with Crippen molar-refractivity contribution < 1.29 is 9.18 Å². The monoisotopic (exact) mass is 381 g/mol. The summed E-state index contributed by atoms with van der Waals surface area (Å²) in [5.41, 5.74) is 1.65. The lowest BCUT2D eigenvalue weighted by Crippen LogP contribution is -2.38. The molecule has 1 aliphatic heterocycles. The van der Waals surface area contributed by atoms with Crippen molar-refractivity contribution in [2.24, 2.45) is 27.1 Å². The Labute approximate surface area is 164 Å². The fourth-order valence-electron chi connectivity index (χ4n) is 3.50. The van der Waals surface area contributed by atoms with E-state index in [-0.39, 0.29) is 23.6 Å². The number of rotatable bonds is 7. The third-order valence-electron chi connectivity index (χ3n) is 5.03. The van der Waals surface area contributed by atoms with E-state index in [1.54, 1.807) is 12.1 Å². The highest BCUT2D eigenvalue weighted by Gasteiger charge is 2.27. The van der Waals surface area contributed by atoms with E-state index >= 15 is 0 Å². The van der Waals surface area contributed by atoms with Gasteiger partial charge in [0, 0.05) is 18.0 Å². The molecule has 6 nitrogen and oxygen atoms in total. The van der Waals surface area contributed by atoms with Crippen molar-refractivity contribution in [3.8, 4) is 0 Å². The zero-order valence-electron chi connectivity index (χ0n) is 15.6. The number of benzene rings is 2. The first-order chi connectivity index (χ1) is 13.7. The van der Waals surface area contributed by atoms with Crippen molar-refractivity contribution in [3.63, 3.8) is 0 Å². The Morgan fingerprint density at radius 2 is 1.82 bits per heavy atom. The summed E-state index contributed by atoms with van der Waals surface area (Å²) in [5, 5.41) is 11.6. The molecule has 0 aliphatic carbocycles. The fraction of sp³-hybridized carbons (Fsp3) is 0.333. The predicted molar refractivity (Wildman–Crippen MR) is 107 cm³/mol. The van der Waals surface area contributed by atoms with Crippen LogP contribution in [0.2, 0.25) is 0 Å². The summed E-state index contributed by atoms with van der Waals surface area (Å²) in [5.74, 6) is 4.83. The van der Waals surface area contributed by atoms with Crippen molar-refractivity contribution >= 4 is 12.1 Å². The molecule has 0 radical (unpaired) electrons. The highest BCUT2D eigenvalue weighted by atomic mass is 19.1. The summed E-state index contributed by atoms with van der Waals surface area (Å²) in [6.45, 7) is 2.33. The van der Waals surface area contributed by atoms with E-state index < -0.39 is 0 Å². The first-order valence-electron chi connectivity index (χ1n) is 9.36. The number of halogens is 1. The normalized spacial score (nSPS) is 17.3. The molecule has 0 amide bonds. The number of ketones is 1. The second kappa shape index (κ2) is 9.85. The van der Waals surface area contributed by atoms with Gasteiger partial charge >= 0.3 is 0 Å². The first-order valence-corrected chi connectivity index (χ1v) is 9.36. The van der Waals surface area contributed by atoms with Crippen molar-refractivity contribution in [3.05, 3.63) is 71.5 Å². The quantitative estimate of drug-likeness (QED) is 0.198. The minimum atomic E-state index is -0.327. The Kier molecular flexibility index (Phi) is 6.97. The Morgan fingerprint density at radius 1 is 1.14 bits per heavy atom. The lowest BCUT2D eigenvalue weighted by Gasteiger charge is -2.32. The maximum Gasteiger partial charge on any atom is 0.166 e. The smallest absolute Gasteiger partial charge is 0.166 e. The SMILES string of the molecule is NN=CN=NC(CN1CCC(C(=O)c2ccc(F)cc2)CC1)c1ccccc1. The molecule has 1 saturated heterocycles. The van der Waals surface area contributed by atoms with Gasteiger partial charge in [-0.15, -0.1) is 5.11 Å². The van der Waals surface area contributed by atoms with Crippen molar-refractivity contribution in [2.75, 3.05) is 19.6 Å². The number of Topliss-reactive ketones (excluding diaryl/α,β-unsaturated/α-hetero) is 1. The van der Waals surface area contributed by atoms with Crippen LogP contribution < -0.4 is 5.84 Å². The number of nitrogens with two attached hydrogens (primary N) is 1. The Balaban J connectivity index is 1.59. The molecular formula is C21H24FN5O. The van der Waals surface area contributed by atoms with E-state index in [9.17, 15) is 9.18 Å². The van der Waals surface area contributed by atoms with Crippen molar-refractivity contribution in [2.45, 2.75) is 18.9 Å². The highest BCUT2D eigenvalue weighted by molar-refractivity contribution is 5.97. The van der Waals surface area contributed by atoms with E-state index in [4.69, 9.17) is 5.84 Å². The highest BCUT2D eigenvalue weighted by Crippen LogP contribution is 2.25. The molecule has 1 heterocycles. The number of carbonyl (C=O) groups is 1. The lowest BCUT2D eigenvalue weighted by molar-refractivity contribution is 0.0835. The average Bonchev–Trinajstić information content (AvgIpc) is 2.74. The zero-order valence-corrected chi connectivity index (χ0v) is 15.6. The molecule has 7 heteroatoms. The Hall–Kier alpha value is -2.93. The topological polar surface area (TPSA) is 83.4 Å². The van der Waals surface area contributed by atoms with Gasteiger partial charge in [0.15, 0.2) is 12.1 Å². The van der Waals surface area contributed by atoms with Crippen LogP contribution in [0.15, 0.2) is 69.9 Å². The van der Waals surface area contributed by atoms with Crippen molar-refractivity contribution in [1.29, 1.82) is 0 Å². The molecule has 0 spiro atoms. The van der Waals surface area contributed by atoms with E-state index in [0.717, 1.165) is 31.5 Å². The minimum absolute atomic E-state index is 0.0251. The first kappa shape index (κ1) is 19.8. The number of carbonyl (C=O) groups excluding carboxylic acids is 1. The van der Waals surface area contributed by atoms with Gasteiger partial charge in [0.25, 0.3) is 0 Å². The summed E-state index contributed by atoms with van der Waals surface area (Å²) in [7, 11) is 0. The molecule has 2 aromatic rings. The van der Waals surface area contributed by atoms with Crippen LogP contribution in [-0.2, 0) is 0 Å². The molecule has 146 valence electrons. The van der Waals surface area contributed by atoms with Crippen LogP contribution >= 0.6 is 0 Å². The summed E-state index contributed by atoms with van der Waals surface area (Å²) >= 11 is 0. The molecular weight excluding hydrogens is 357 g/mol. The number of hydrazone groups is 1. The van der Waals surface area contributed by atoms with Gasteiger partial charge in [0.1, 0.15) is 11.9 Å². The summed E-state index contributed by atoms with van der Waals surface area (Å²) in [6, 6.07) is 15.6. The minimum Gasteiger partial charge on any atom is -0.322 e. The van der Waals surface area contributed by atoms with E-state index in [2.05, 4.69) is 20.2 Å². The van der Waals surface area contributed by atoms with Crippen LogP contribution in [0.25, 0.3) is 0 Å². The van der Waals surface area contributed by atoms with Gasteiger partial charge in [-0.1, -0.05) is 30.3 Å². The largest absolute Gasteiger partial charge is 0.322 e. The number of nitrogens with zero attached hydrogens (tertiary/aromatic N) is 4. The molecule has 2 aromatic carbocycles. The van der Waals surface area contributed by atoms with E-state index in [0.29, 0.717) is 12.1 Å². The van der Waals surface area contributed by atoms with Gasteiger partial charge in [-0.3, -0.25) is 4.79 Å². The van der Waals surface area contributed by atoms with Crippen LogP contribution in [0.1, 0.15) is 34.8 Å². The molecule has 28 heavy (non-hydrogen) atoms. The fourth-order valence-corrected chi connectivity index (χ4v) is 3.50. The maximum absolute atomic E-state index is 13.1. The molecule has 0 aromatic heterocycles. The van der Waals surface area contributed by atoms with Gasteiger partial charge in [-0.25, -0.2) is 4.39 Å². The number of hydrogen-bond acceptors (Lipinski definition) is 5. The molecule has 1 aliphatic rings. The Morgan fingerprint density at radius 3 is 2.46 bits per heavy atom. The molecule has 3 rings (SSSR count). The summed E-state index contributed by atoms with van der Waals surface area (Å²) in [6.07, 6.45) is 2.78. The number of likely N-dealkylation sites (tertiary alicyclic amines) is 1. The van der Waals surface area contributed by atoms with Crippen LogP contribution in [0.5, 0.6) is 0 Å². The second-order valence-electron chi connectivity index (χ2n) is 6.87. The maximum atomic E-state index is 13.1. The van der Waals surface area contributed by atoms with Gasteiger partial charge in [0.2, 0.25) is 0 Å². The van der Waals surface area contributed by atoms with Crippen LogP contribution in [0, 0.1) is 11.7 Å². The summed E-state index contributed by atoms with van der Waals surface area (Å²) in [4.78, 5) is 14.9. The van der Waals surface area contributed by atoms with E-state index in [1.807, 2.05) is 30.3 Å². The summed E-state index contributed by atoms with van der Waals surface area (Å²) < 4.78 is 13.1. The van der Waals surface area contributed by atoms with Crippen LogP contribution in [-0.4, -0.2) is 36.7 Å². The number of azo groups is 1. The molecule has 1 unspecified atom stereocenters. The second-order valence-corrected chi connectivity index (χ2v) is 6.87. The third kappa shape index (κ3) is 5.29. The van der Waals surface area contributed by atoms with Crippen molar-refractivity contribution in [1.82, 2.24) is 4.90 Å². The molecule has 2 N–H and O–H groups in total. The lowest BCUT2D eigenvalue weighted by atomic mass is 9.88. The Bertz CT molecular complexity index is 814. The zero-order chi connectivity index (χ0) is 19.8. The van der Waals surface area contributed by atoms with Gasteiger partial charge in [0.05, 0.1) is 0 Å². The molecule has 0 saturated carbocycles.